The zero-order valence-electron chi connectivity index (χ0n) is 11.7. The molecule has 0 saturated heterocycles. The van der Waals surface area contributed by atoms with Gasteiger partial charge < -0.3 is 15.7 Å². The van der Waals surface area contributed by atoms with Crippen molar-refractivity contribution in [3.8, 4) is 0 Å². The first kappa shape index (κ1) is 16.0. The van der Waals surface area contributed by atoms with Crippen molar-refractivity contribution in [2.45, 2.75) is 6.92 Å². The average molecular weight is 324 g/mol. The molecule has 22 heavy (non-hydrogen) atoms. The van der Waals surface area contributed by atoms with Gasteiger partial charge in [0.15, 0.2) is 0 Å². The highest BCUT2D eigenvalue weighted by molar-refractivity contribution is 6.31. The third kappa shape index (κ3) is 3.44. The molecule has 7 nitrogen and oxygen atoms in total. The molecular weight excluding hydrogens is 310 g/mol. The number of hydrogen-bond donors (Lipinski definition) is 3. The lowest BCUT2D eigenvalue weighted by molar-refractivity contribution is -0.137. The standard InChI is InChI=1S/C14H14ClN3O4/c1-8(20)16-10-3-2-9(15)6-11(10)17-12-7-13(21)18(4-5-19)14(12)22/h2-3,6-7,17,19H,4-5H2,1H3,(H,16,20). The summed E-state index contributed by atoms with van der Waals surface area (Å²) in [6.07, 6.45) is 1.14. The summed E-state index contributed by atoms with van der Waals surface area (Å²) >= 11 is 5.91. The maximum Gasteiger partial charge on any atom is 0.277 e. The van der Waals surface area contributed by atoms with Crippen molar-refractivity contribution in [2.75, 3.05) is 23.8 Å². The van der Waals surface area contributed by atoms with Crippen molar-refractivity contribution < 1.29 is 19.5 Å². The lowest BCUT2D eigenvalue weighted by Gasteiger charge is -2.15. The summed E-state index contributed by atoms with van der Waals surface area (Å²) in [4.78, 5) is 35.9. The van der Waals surface area contributed by atoms with E-state index in [-0.39, 0.29) is 24.8 Å². The molecule has 1 aliphatic rings. The fraction of sp³-hybridized carbons (Fsp3) is 0.214. The van der Waals surface area contributed by atoms with E-state index in [2.05, 4.69) is 10.6 Å². The minimum absolute atomic E-state index is 0.0484. The molecule has 2 rings (SSSR count). The predicted octanol–water partition coefficient (Wildman–Crippen LogP) is 0.955. The predicted molar refractivity (Wildman–Crippen MR) is 81.3 cm³/mol. The fourth-order valence-electron chi connectivity index (χ4n) is 1.97. The summed E-state index contributed by atoms with van der Waals surface area (Å²) in [7, 11) is 0. The van der Waals surface area contributed by atoms with Crippen molar-refractivity contribution in [1.29, 1.82) is 0 Å². The van der Waals surface area contributed by atoms with Gasteiger partial charge >= 0.3 is 0 Å². The topological polar surface area (TPSA) is 98.7 Å². The van der Waals surface area contributed by atoms with Crippen LogP contribution in [-0.2, 0) is 14.4 Å². The van der Waals surface area contributed by atoms with Crippen molar-refractivity contribution in [1.82, 2.24) is 4.90 Å². The molecule has 0 fully saturated rings. The molecule has 1 heterocycles. The van der Waals surface area contributed by atoms with E-state index in [0.29, 0.717) is 16.4 Å². The van der Waals surface area contributed by atoms with Crippen molar-refractivity contribution in [3.63, 3.8) is 0 Å². The smallest absolute Gasteiger partial charge is 0.277 e. The van der Waals surface area contributed by atoms with Gasteiger partial charge in [0.25, 0.3) is 11.8 Å². The van der Waals surface area contributed by atoms with Crippen LogP contribution in [0, 0.1) is 0 Å². The number of halogens is 1. The molecule has 0 unspecified atom stereocenters. The summed E-state index contributed by atoms with van der Waals surface area (Å²) in [5.74, 6) is -1.34. The lowest BCUT2D eigenvalue weighted by Crippen LogP contribution is -2.34. The molecule has 0 spiro atoms. The fourth-order valence-corrected chi connectivity index (χ4v) is 2.15. The minimum Gasteiger partial charge on any atom is -0.395 e. The molecule has 1 aromatic carbocycles. The summed E-state index contributed by atoms with van der Waals surface area (Å²) in [5, 5.41) is 14.7. The molecule has 0 aromatic heterocycles. The summed E-state index contributed by atoms with van der Waals surface area (Å²) in [5.41, 5.74) is 0.868. The van der Waals surface area contributed by atoms with E-state index in [1.807, 2.05) is 0 Å². The minimum atomic E-state index is -0.548. The Balaban J connectivity index is 2.26. The number of aliphatic hydroxyl groups is 1. The highest BCUT2D eigenvalue weighted by Gasteiger charge is 2.30. The number of benzene rings is 1. The van der Waals surface area contributed by atoms with Gasteiger partial charge in [-0.3, -0.25) is 19.3 Å². The Kier molecular flexibility index (Phi) is 4.79. The van der Waals surface area contributed by atoms with Crippen LogP contribution in [0.5, 0.6) is 0 Å². The summed E-state index contributed by atoms with van der Waals surface area (Å²) in [6, 6.07) is 4.70. The van der Waals surface area contributed by atoms with E-state index in [4.69, 9.17) is 16.7 Å². The van der Waals surface area contributed by atoms with Gasteiger partial charge in [-0.2, -0.15) is 0 Å². The Bertz CT molecular complexity index is 672. The Morgan fingerprint density at radius 3 is 2.68 bits per heavy atom. The van der Waals surface area contributed by atoms with Crippen LogP contribution in [0.3, 0.4) is 0 Å². The summed E-state index contributed by atoms with van der Waals surface area (Å²) in [6.45, 7) is 0.964. The number of carbonyl (C=O) groups is 3. The number of anilines is 2. The third-order valence-corrected chi connectivity index (χ3v) is 3.13. The van der Waals surface area contributed by atoms with Crippen LogP contribution in [0.4, 0.5) is 11.4 Å². The number of rotatable bonds is 5. The number of nitrogens with zero attached hydrogens (tertiary/aromatic N) is 1. The zero-order valence-corrected chi connectivity index (χ0v) is 12.5. The molecule has 116 valence electrons. The van der Waals surface area contributed by atoms with E-state index in [1.54, 1.807) is 12.1 Å². The van der Waals surface area contributed by atoms with E-state index >= 15 is 0 Å². The van der Waals surface area contributed by atoms with Gasteiger partial charge in [0, 0.05) is 18.0 Å². The first-order chi connectivity index (χ1) is 10.4. The second-order valence-corrected chi connectivity index (χ2v) is 5.01. The van der Waals surface area contributed by atoms with Gasteiger partial charge in [-0.15, -0.1) is 0 Å². The van der Waals surface area contributed by atoms with Crippen LogP contribution in [0.2, 0.25) is 5.02 Å². The Morgan fingerprint density at radius 2 is 2.05 bits per heavy atom. The van der Waals surface area contributed by atoms with Crippen molar-refractivity contribution in [2.24, 2.45) is 0 Å². The van der Waals surface area contributed by atoms with Gasteiger partial charge in [0.05, 0.1) is 24.5 Å². The molecule has 0 atom stereocenters. The molecule has 0 saturated carbocycles. The van der Waals surface area contributed by atoms with Crippen LogP contribution in [0.1, 0.15) is 6.92 Å². The zero-order chi connectivity index (χ0) is 16.3. The lowest BCUT2D eigenvalue weighted by atomic mass is 10.2. The van der Waals surface area contributed by atoms with Gasteiger partial charge in [-0.1, -0.05) is 11.6 Å². The molecule has 0 aliphatic carbocycles. The summed E-state index contributed by atoms with van der Waals surface area (Å²) < 4.78 is 0. The van der Waals surface area contributed by atoms with Gasteiger partial charge in [-0.25, -0.2) is 0 Å². The average Bonchev–Trinajstić information content (AvgIpc) is 2.69. The highest BCUT2D eigenvalue weighted by atomic mass is 35.5. The highest BCUT2D eigenvalue weighted by Crippen LogP contribution is 2.28. The SMILES string of the molecule is CC(=O)Nc1ccc(Cl)cc1NC1=CC(=O)N(CCO)C1=O. The number of amides is 3. The van der Waals surface area contributed by atoms with E-state index in [1.165, 1.54) is 13.0 Å². The monoisotopic (exact) mass is 323 g/mol. The number of aliphatic hydroxyl groups excluding tert-OH is 1. The van der Waals surface area contributed by atoms with Gasteiger partial charge in [0.1, 0.15) is 5.70 Å². The molecule has 8 heteroatoms. The van der Waals surface area contributed by atoms with E-state index in [9.17, 15) is 14.4 Å². The maximum atomic E-state index is 12.1. The van der Waals surface area contributed by atoms with Crippen molar-refractivity contribution >= 4 is 40.7 Å². The van der Waals surface area contributed by atoms with Crippen LogP contribution >= 0.6 is 11.6 Å². The van der Waals surface area contributed by atoms with Crippen LogP contribution in [0.25, 0.3) is 0 Å². The molecule has 0 radical (unpaired) electrons. The van der Waals surface area contributed by atoms with Crippen LogP contribution in [-0.4, -0.2) is 40.9 Å². The first-order valence-electron chi connectivity index (χ1n) is 6.45. The second-order valence-electron chi connectivity index (χ2n) is 4.57. The molecule has 1 aliphatic heterocycles. The number of imide groups is 1. The molecular formula is C14H14ClN3O4. The maximum absolute atomic E-state index is 12.1. The largest absolute Gasteiger partial charge is 0.395 e. The molecule has 0 bridgehead atoms. The first-order valence-corrected chi connectivity index (χ1v) is 6.82. The third-order valence-electron chi connectivity index (χ3n) is 2.89. The van der Waals surface area contributed by atoms with Crippen LogP contribution in [0.15, 0.2) is 30.0 Å². The normalized spacial score (nSPS) is 14.1. The molecule has 3 N–H and O–H groups in total. The number of β-amino-alcohol motifs (C(OH)–C–C–N with tert-alkyl or cyclic N) is 1. The number of carbonyl (C=O) groups excluding carboxylic acids is 3. The Labute approximate surface area is 131 Å². The van der Waals surface area contributed by atoms with E-state index in [0.717, 1.165) is 11.0 Å². The Hall–Kier alpha value is -2.38. The number of hydrogen-bond acceptors (Lipinski definition) is 5. The molecule has 1 aromatic rings. The van der Waals surface area contributed by atoms with Crippen LogP contribution < -0.4 is 10.6 Å². The van der Waals surface area contributed by atoms with Gasteiger partial charge in [0.2, 0.25) is 5.91 Å². The number of nitrogens with one attached hydrogen (secondary N) is 2. The Morgan fingerprint density at radius 1 is 1.32 bits per heavy atom. The van der Waals surface area contributed by atoms with Crippen molar-refractivity contribution in [3.05, 3.63) is 35.0 Å². The molecule has 3 amide bonds. The van der Waals surface area contributed by atoms with Gasteiger partial charge in [-0.05, 0) is 18.2 Å². The second kappa shape index (κ2) is 6.59. The van der Waals surface area contributed by atoms with E-state index < -0.39 is 11.8 Å². The quantitative estimate of drug-likeness (QED) is 0.701.